The fourth-order valence-electron chi connectivity index (χ4n) is 2.05. The lowest BCUT2D eigenvalue weighted by Crippen LogP contribution is -2.37. The lowest BCUT2D eigenvalue weighted by molar-refractivity contribution is -0.143. The van der Waals surface area contributed by atoms with Gasteiger partial charge in [0.1, 0.15) is 6.04 Å². The minimum Gasteiger partial charge on any atom is -0.477 e. The highest BCUT2D eigenvalue weighted by Crippen LogP contribution is 2.29. The molecule has 8 heteroatoms. The Labute approximate surface area is 103 Å². The molecule has 18 heavy (non-hydrogen) atoms. The topological polar surface area (TPSA) is 113 Å². The second-order valence-electron chi connectivity index (χ2n) is 3.96. The minimum absolute atomic E-state index is 0.0235. The zero-order chi connectivity index (χ0) is 13.4. The van der Waals surface area contributed by atoms with Crippen LogP contribution in [-0.2, 0) is 19.1 Å². The summed E-state index contributed by atoms with van der Waals surface area (Å²) in [5, 5.41) is 11.5. The van der Waals surface area contributed by atoms with Crippen molar-refractivity contribution < 1.29 is 24.2 Å². The molecule has 3 N–H and O–H groups in total. The first-order valence-corrected chi connectivity index (χ1v) is 5.45. The predicted octanol–water partition coefficient (Wildman–Crippen LogP) is -1.71. The highest BCUT2D eigenvalue weighted by Gasteiger charge is 2.48. The molecule has 2 heterocycles. The maximum absolute atomic E-state index is 11.7. The number of carbonyl (C=O) groups excluding carboxylic acids is 2. The summed E-state index contributed by atoms with van der Waals surface area (Å²) >= 11 is 0. The molecule has 8 nitrogen and oxygen atoms in total. The van der Waals surface area contributed by atoms with Crippen molar-refractivity contribution in [3.8, 4) is 0 Å². The summed E-state index contributed by atoms with van der Waals surface area (Å²) in [4.78, 5) is 34.6. The van der Waals surface area contributed by atoms with Crippen LogP contribution in [0.25, 0.3) is 0 Å². The summed E-state index contributed by atoms with van der Waals surface area (Å²) in [7, 11) is 0. The van der Waals surface area contributed by atoms with Gasteiger partial charge in [-0.05, 0) is 6.92 Å². The Morgan fingerprint density at radius 1 is 1.56 bits per heavy atom. The third-order valence-electron chi connectivity index (χ3n) is 2.78. The minimum atomic E-state index is -1.34. The van der Waals surface area contributed by atoms with E-state index in [4.69, 9.17) is 15.6 Å². The van der Waals surface area contributed by atoms with Gasteiger partial charge < -0.3 is 15.6 Å². The first-order chi connectivity index (χ1) is 8.47. The molecule has 0 aromatic heterocycles. The van der Waals surface area contributed by atoms with Crippen LogP contribution >= 0.6 is 0 Å². The number of fused-ring (bicyclic) bond motifs is 1. The van der Waals surface area contributed by atoms with E-state index in [2.05, 4.69) is 0 Å². The fraction of sp³-hybridized carbons (Fsp3) is 0.500. The smallest absolute Gasteiger partial charge is 0.354 e. The van der Waals surface area contributed by atoms with Gasteiger partial charge in [0.15, 0.2) is 5.70 Å². The van der Waals surface area contributed by atoms with Crippen LogP contribution in [0.3, 0.4) is 0 Å². The molecule has 1 saturated heterocycles. The molecule has 1 atom stereocenters. The van der Waals surface area contributed by atoms with Crippen molar-refractivity contribution in [1.82, 2.24) is 10.0 Å². The van der Waals surface area contributed by atoms with Crippen LogP contribution in [-0.4, -0.2) is 58.7 Å². The van der Waals surface area contributed by atoms with Crippen molar-refractivity contribution >= 4 is 17.8 Å². The van der Waals surface area contributed by atoms with Gasteiger partial charge >= 0.3 is 11.9 Å². The maximum Gasteiger partial charge on any atom is 0.354 e. The van der Waals surface area contributed by atoms with Gasteiger partial charge in [-0.15, -0.1) is 0 Å². The fourth-order valence-corrected chi connectivity index (χ4v) is 2.05. The molecule has 1 amide bonds. The third-order valence-corrected chi connectivity index (χ3v) is 2.78. The quantitative estimate of drug-likeness (QED) is 0.577. The number of ether oxygens (including phenoxy) is 1. The van der Waals surface area contributed by atoms with Crippen molar-refractivity contribution in [2.45, 2.75) is 13.0 Å². The van der Waals surface area contributed by atoms with Gasteiger partial charge in [0.2, 0.25) is 0 Å². The zero-order valence-corrected chi connectivity index (χ0v) is 9.75. The zero-order valence-electron chi connectivity index (χ0n) is 9.75. The van der Waals surface area contributed by atoms with E-state index >= 15 is 0 Å². The lowest BCUT2D eigenvalue weighted by Gasteiger charge is -2.18. The molecular weight excluding hydrogens is 242 g/mol. The normalized spacial score (nSPS) is 23.6. The van der Waals surface area contributed by atoms with Gasteiger partial charge in [-0.2, -0.15) is 0 Å². The Bertz CT molecular complexity index is 458. The van der Waals surface area contributed by atoms with Gasteiger partial charge in [0, 0.05) is 6.54 Å². The molecule has 0 saturated carbocycles. The van der Waals surface area contributed by atoms with Crippen LogP contribution in [0.15, 0.2) is 11.3 Å². The highest BCUT2D eigenvalue weighted by atomic mass is 16.5. The van der Waals surface area contributed by atoms with E-state index in [0.717, 1.165) is 5.01 Å². The number of amides is 1. The number of rotatable bonds is 3. The molecular formula is C10H13N3O5. The first-order valence-electron chi connectivity index (χ1n) is 5.45. The molecule has 98 valence electrons. The number of carbonyl (C=O) groups is 3. The number of aliphatic carboxylic acids is 1. The third kappa shape index (κ3) is 1.75. The van der Waals surface area contributed by atoms with E-state index in [1.54, 1.807) is 6.92 Å². The second-order valence-corrected chi connectivity index (χ2v) is 3.96. The van der Waals surface area contributed by atoms with Gasteiger partial charge in [0.05, 0.1) is 18.7 Å². The molecule has 1 fully saturated rings. The van der Waals surface area contributed by atoms with E-state index in [0.29, 0.717) is 0 Å². The molecule has 2 aliphatic heterocycles. The number of nitrogens with zero attached hydrogens (tertiary/aromatic N) is 2. The summed E-state index contributed by atoms with van der Waals surface area (Å²) in [6.45, 7) is 1.98. The largest absolute Gasteiger partial charge is 0.477 e. The predicted molar refractivity (Wildman–Crippen MR) is 57.7 cm³/mol. The number of esters is 1. The van der Waals surface area contributed by atoms with Gasteiger partial charge in [-0.25, -0.2) is 19.6 Å². The maximum atomic E-state index is 11.7. The number of carboxylic acid groups (broad SMARTS) is 1. The van der Waals surface area contributed by atoms with E-state index < -0.39 is 23.9 Å². The van der Waals surface area contributed by atoms with Crippen LogP contribution in [0.5, 0.6) is 0 Å². The highest BCUT2D eigenvalue weighted by molar-refractivity contribution is 6.04. The van der Waals surface area contributed by atoms with Crippen molar-refractivity contribution in [1.29, 1.82) is 0 Å². The van der Waals surface area contributed by atoms with E-state index in [-0.39, 0.29) is 31.0 Å². The molecule has 0 aromatic rings. The van der Waals surface area contributed by atoms with Crippen molar-refractivity contribution in [2.75, 3.05) is 19.7 Å². The van der Waals surface area contributed by atoms with Crippen LogP contribution in [0.1, 0.15) is 6.92 Å². The molecule has 0 aliphatic carbocycles. The van der Waals surface area contributed by atoms with E-state index in [1.165, 1.54) is 5.01 Å². The number of hydrogen-bond acceptors (Lipinski definition) is 6. The molecule has 2 rings (SSSR count). The van der Waals surface area contributed by atoms with Crippen molar-refractivity contribution in [3.63, 3.8) is 0 Å². The summed E-state index contributed by atoms with van der Waals surface area (Å²) in [6, 6.07) is -0.761. The van der Waals surface area contributed by atoms with Gasteiger partial charge in [0.25, 0.3) is 5.91 Å². The van der Waals surface area contributed by atoms with Crippen molar-refractivity contribution in [3.05, 3.63) is 11.3 Å². The standard InChI is InChI=1S/C10H13N3O5/c1-2-18-10(17)5-3-12-4-6(11)8(14)13(12)7(5)9(15)16/h6H,2-4,11H2,1H3,(H,15,16). The monoisotopic (exact) mass is 255 g/mol. The Morgan fingerprint density at radius 2 is 2.22 bits per heavy atom. The van der Waals surface area contributed by atoms with Gasteiger partial charge in [-0.1, -0.05) is 0 Å². The molecule has 0 aromatic carbocycles. The number of nitrogens with two attached hydrogens (primary N) is 1. The molecule has 1 unspecified atom stereocenters. The molecule has 0 spiro atoms. The first kappa shape index (κ1) is 12.5. The Balaban J connectivity index is 2.38. The summed E-state index contributed by atoms with van der Waals surface area (Å²) in [6.07, 6.45) is 0. The molecule has 2 aliphatic rings. The Hall–Kier alpha value is -1.93. The summed E-state index contributed by atoms with van der Waals surface area (Å²) < 4.78 is 4.78. The average Bonchev–Trinajstić information content (AvgIpc) is 2.78. The Kier molecular flexibility index (Phi) is 3.05. The van der Waals surface area contributed by atoms with Crippen LogP contribution in [0, 0.1) is 0 Å². The lowest BCUT2D eigenvalue weighted by atomic mass is 10.2. The van der Waals surface area contributed by atoms with Crippen LogP contribution in [0.4, 0.5) is 0 Å². The SMILES string of the molecule is CCOC(=O)C1=C(C(=O)O)N2C(=O)C(N)CN2C1. The van der Waals surface area contributed by atoms with Crippen LogP contribution < -0.4 is 5.73 Å². The van der Waals surface area contributed by atoms with E-state index in [9.17, 15) is 14.4 Å². The van der Waals surface area contributed by atoms with E-state index in [1.807, 2.05) is 0 Å². The van der Waals surface area contributed by atoms with Gasteiger partial charge in [-0.3, -0.25) is 4.79 Å². The van der Waals surface area contributed by atoms with Crippen molar-refractivity contribution in [2.24, 2.45) is 5.73 Å². The number of carboxylic acids is 1. The molecule has 0 radical (unpaired) electrons. The summed E-state index contributed by atoms with van der Waals surface area (Å²) in [5.41, 5.74) is 5.17. The number of hydrazine groups is 1. The Morgan fingerprint density at radius 3 is 2.78 bits per heavy atom. The average molecular weight is 255 g/mol. The van der Waals surface area contributed by atoms with Crippen LogP contribution in [0.2, 0.25) is 0 Å². The molecule has 0 bridgehead atoms. The summed E-state index contributed by atoms with van der Waals surface area (Å²) in [5.74, 6) is -2.58. The number of hydrogen-bond donors (Lipinski definition) is 2. The second kappa shape index (κ2) is 4.39.